The summed E-state index contributed by atoms with van der Waals surface area (Å²) >= 11 is 0. The third-order valence-corrected chi connectivity index (χ3v) is 2.52. The maximum Gasteiger partial charge on any atom is 0.261 e. The monoisotopic (exact) mass is 244 g/mol. The van der Waals surface area contributed by atoms with Crippen LogP contribution in [0.15, 0.2) is 41.5 Å². The number of H-pyrrole nitrogens is 1. The van der Waals surface area contributed by atoms with Crippen molar-refractivity contribution < 1.29 is 9.90 Å². The molecular formula is C13H12N2O3. The highest BCUT2D eigenvalue weighted by Gasteiger charge is 2.10. The van der Waals surface area contributed by atoms with Crippen LogP contribution in [0.4, 0.5) is 5.69 Å². The third-order valence-electron chi connectivity index (χ3n) is 2.52. The van der Waals surface area contributed by atoms with Crippen LogP contribution in [0.2, 0.25) is 0 Å². The SMILES string of the molecule is Cc1cc(NC(=O)c2c[nH]ccc2=O)ccc1O. The van der Waals surface area contributed by atoms with Crippen LogP contribution >= 0.6 is 0 Å². The predicted octanol–water partition coefficient (Wildman–Crippen LogP) is 1.64. The van der Waals surface area contributed by atoms with Crippen molar-refractivity contribution in [1.82, 2.24) is 4.98 Å². The number of anilines is 1. The Balaban J connectivity index is 2.24. The zero-order chi connectivity index (χ0) is 13.1. The first kappa shape index (κ1) is 11.9. The number of aryl methyl sites for hydroxylation is 1. The molecule has 0 saturated carbocycles. The van der Waals surface area contributed by atoms with Crippen LogP contribution in [-0.2, 0) is 0 Å². The first-order valence-electron chi connectivity index (χ1n) is 5.36. The number of carbonyl (C=O) groups is 1. The molecule has 3 N–H and O–H groups in total. The van der Waals surface area contributed by atoms with Crippen LogP contribution in [0.5, 0.6) is 5.75 Å². The van der Waals surface area contributed by atoms with Gasteiger partial charge in [-0.3, -0.25) is 9.59 Å². The number of hydrogen-bond donors (Lipinski definition) is 3. The lowest BCUT2D eigenvalue weighted by molar-refractivity contribution is 0.102. The Morgan fingerprint density at radius 1 is 1.33 bits per heavy atom. The number of aromatic nitrogens is 1. The molecule has 0 radical (unpaired) electrons. The third kappa shape index (κ3) is 2.40. The van der Waals surface area contributed by atoms with Gasteiger partial charge in [-0.2, -0.15) is 0 Å². The second-order valence-corrected chi connectivity index (χ2v) is 3.88. The molecule has 1 aromatic carbocycles. The molecule has 18 heavy (non-hydrogen) atoms. The average molecular weight is 244 g/mol. The molecule has 0 aliphatic rings. The lowest BCUT2D eigenvalue weighted by Gasteiger charge is -2.06. The van der Waals surface area contributed by atoms with E-state index in [0.29, 0.717) is 11.3 Å². The van der Waals surface area contributed by atoms with Gasteiger partial charge in [-0.05, 0) is 30.7 Å². The van der Waals surface area contributed by atoms with Gasteiger partial charge in [0.2, 0.25) is 0 Å². The number of phenolic OH excluding ortho intramolecular Hbond substituents is 1. The number of hydrogen-bond acceptors (Lipinski definition) is 3. The molecule has 0 saturated heterocycles. The first-order valence-corrected chi connectivity index (χ1v) is 5.36. The second kappa shape index (κ2) is 4.75. The van der Waals surface area contributed by atoms with Gasteiger partial charge in [0, 0.05) is 24.1 Å². The van der Waals surface area contributed by atoms with E-state index in [4.69, 9.17) is 0 Å². The molecule has 1 aromatic heterocycles. The standard InChI is InChI=1S/C13H12N2O3/c1-8-6-9(2-3-11(8)16)15-13(18)10-7-14-5-4-12(10)17/h2-7,16H,1H3,(H,14,17)(H,15,18). The van der Waals surface area contributed by atoms with Gasteiger partial charge in [0.15, 0.2) is 5.43 Å². The van der Waals surface area contributed by atoms with E-state index in [1.165, 1.54) is 24.5 Å². The van der Waals surface area contributed by atoms with Gasteiger partial charge in [-0.25, -0.2) is 0 Å². The summed E-state index contributed by atoms with van der Waals surface area (Å²) in [5, 5.41) is 12.0. The fourth-order valence-corrected chi connectivity index (χ4v) is 1.53. The van der Waals surface area contributed by atoms with Crippen LogP contribution in [0.1, 0.15) is 15.9 Å². The molecule has 5 heteroatoms. The van der Waals surface area contributed by atoms with Gasteiger partial charge >= 0.3 is 0 Å². The van der Waals surface area contributed by atoms with Crippen molar-refractivity contribution in [1.29, 1.82) is 0 Å². The van der Waals surface area contributed by atoms with Crippen molar-refractivity contribution in [3.63, 3.8) is 0 Å². The number of rotatable bonds is 2. The Kier molecular flexibility index (Phi) is 3.14. The van der Waals surface area contributed by atoms with E-state index < -0.39 is 5.91 Å². The molecule has 0 aliphatic heterocycles. The van der Waals surface area contributed by atoms with E-state index in [1.54, 1.807) is 19.1 Å². The molecular weight excluding hydrogens is 232 g/mol. The highest BCUT2D eigenvalue weighted by Crippen LogP contribution is 2.20. The van der Waals surface area contributed by atoms with Crippen molar-refractivity contribution in [2.75, 3.05) is 5.32 Å². The first-order chi connectivity index (χ1) is 8.58. The highest BCUT2D eigenvalue weighted by atomic mass is 16.3. The van der Waals surface area contributed by atoms with Crippen LogP contribution in [0.3, 0.4) is 0 Å². The second-order valence-electron chi connectivity index (χ2n) is 3.88. The fourth-order valence-electron chi connectivity index (χ4n) is 1.53. The zero-order valence-corrected chi connectivity index (χ0v) is 9.73. The smallest absolute Gasteiger partial charge is 0.261 e. The minimum absolute atomic E-state index is 0.0447. The molecule has 2 aromatic rings. The lowest BCUT2D eigenvalue weighted by Crippen LogP contribution is -2.20. The van der Waals surface area contributed by atoms with Crippen molar-refractivity contribution in [3.8, 4) is 5.75 Å². The summed E-state index contributed by atoms with van der Waals surface area (Å²) in [6.45, 7) is 1.72. The topological polar surface area (TPSA) is 82.2 Å². The number of amides is 1. The van der Waals surface area contributed by atoms with E-state index in [1.807, 2.05) is 0 Å². The quantitative estimate of drug-likeness (QED) is 0.702. The number of phenols is 1. The van der Waals surface area contributed by atoms with Crippen molar-refractivity contribution in [2.24, 2.45) is 0 Å². The number of aromatic amines is 1. The van der Waals surface area contributed by atoms with E-state index in [0.717, 1.165) is 0 Å². The molecule has 2 rings (SSSR count). The summed E-state index contributed by atoms with van der Waals surface area (Å²) in [6, 6.07) is 5.97. The number of pyridine rings is 1. The molecule has 92 valence electrons. The van der Waals surface area contributed by atoms with Crippen molar-refractivity contribution in [2.45, 2.75) is 6.92 Å². The molecule has 0 atom stereocenters. The Morgan fingerprint density at radius 2 is 2.11 bits per heavy atom. The van der Waals surface area contributed by atoms with Gasteiger partial charge in [0.25, 0.3) is 5.91 Å². The van der Waals surface area contributed by atoms with Crippen molar-refractivity contribution >= 4 is 11.6 Å². The lowest BCUT2D eigenvalue weighted by atomic mass is 10.2. The summed E-state index contributed by atoms with van der Waals surface area (Å²) < 4.78 is 0. The summed E-state index contributed by atoms with van der Waals surface area (Å²) in [6.07, 6.45) is 2.81. The van der Waals surface area contributed by atoms with Crippen LogP contribution in [-0.4, -0.2) is 16.0 Å². The van der Waals surface area contributed by atoms with Gasteiger partial charge in [-0.15, -0.1) is 0 Å². The molecule has 0 spiro atoms. The van der Waals surface area contributed by atoms with Crippen LogP contribution < -0.4 is 10.7 Å². The van der Waals surface area contributed by atoms with Gasteiger partial charge in [-0.1, -0.05) is 0 Å². The zero-order valence-electron chi connectivity index (χ0n) is 9.73. The number of aromatic hydroxyl groups is 1. The van der Waals surface area contributed by atoms with Crippen LogP contribution in [0, 0.1) is 6.92 Å². The van der Waals surface area contributed by atoms with E-state index in [9.17, 15) is 14.7 Å². The predicted molar refractivity (Wildman–Crippen MR) is 67.9 cm³/mol. The number of carbonyl (C=O) groups excluding carboxylic acids is 1. The maximum absolute atomic E-state index is 11.8. The molecule has 1 amide bonds. The largest absolute Gasteiger partial charge is 0.508 e. The summed E-state index contributed by atoms with van der Waals surface area (Å²) in [4.78, 5) is 26.0. The highest BCUT2D eigenvalue weighted by molar-refractivity contribution is 6.04. The Labute approximate surface area is 103 Å². The number of nitrogens with one attached hydrogen (secondary N) is 2. The van der Waals surface area contributed by atoms with E-state index in [-0.39, 0.29) is 16.7 Å². The van der Waals surface area contributed by atoms with E-state index >= 15 is 0 Å². The molecule has 5 nitrogen and oxygen atoms in total. The minimum Gasteiger partial charge on any atom is -0.508 e. The maximum atomic E-state index is 11.8. The van der Waals surface area contributed by atoms with Crippen LogP contribution in [0.25, 0.3) is 0 Å². The summed E-state index contributed by atoms with van der Waals surface area (Å²) in [5.74, 6) is -0.326. The van der Waals surface area contributed by atoms with Gasteiger partial charge < -0.3 is 15.4 Å². The van der Waals surface area contributed by atoms with Gasteiger partial charge in [0.05, 0.1) is 0 Å². The number of benzene rings is 1. The Morgan fingerprint density at radius 3 is 2.78 bits per heavy atom. The fraction of sp³-hybridized carbons (Fsp3) is 0.0769. The van der Waals surface area contributed by atoms with Crippen molar-refractivity contribution in [3.05, 3.63) is 58.0 Å². The normalized spacial score (nSPS) is 10.1. The molecule has 0 fully saturated rings. The molecule has 1 heterocycles. The minimum atomic E-state index is -0.484. The van der Waals surface area contributed by atoms with E-state index in [2.05, 4.69) is 10.3 Å². The summed E-state index contributed by atoms with van der Waals surface area (Å²) in [5.41, 5.74) is 0.873. The Hall–Kier alpha value is -2.56. The summed E-state index contributed by atoms with van der Waals surface area (Å²) in [7, 11) is 0. The Bertz CT molecular complexity index is 647. The molecule has 0 bridgehead atoms. The van der Waals surface area contributed by atoms with Gasteiger partial charge in [0.1, 0.15) is 11.3 Å². The molecule has 0 aliphatic carbocycles. The molecule has 0 unspecified atom stereocenters. The average Bonchev–Trinajstić information content (AvgIpc) is 2.34.